The SMILES string of the molecule is CCN/C=C(\C(=N)C(=O)C(Nc1cccc(OC)c1)c1ccc(F)cc1)c1ccccc1. The lowest BCUT2D eigenvalue weighted by atomic mass is 9.92. The van der Waals surface area contributed by atoms with E-state index in [1.54, 1.807) is 43.6 Å². The van der Waals surface area contributed by atoms with E-state index in [9.17, 15) is 9.18 Å². The summed E-state index contributed by atoms with van der Waals surface area (Å²) in [6.07, 6.45) is 1.68. The first kappa shape index (κ1) is 22.7. The van der Waals surface area contributed by atoms with Gasteiger partial charge in [0.15, 0.2) is 0 Å². The number of halogens is 1. The molecule has 0 heterocycles. The number of anilines is 1. The van der Waals surface area contributed by atoms with Crippen molar-refractivity contribution >= 4 is 22.8 Å². The summed E-state index contributed by atoms with van der Waals surface area (Å²) in [7, 11) is 1.56. The Morgan fingerprint density at radius 2 is 1.78 bits per heavy atom. The Labute approximate surface area is 187 Å². The van der Waals surface area contributed by atoms with Gasteiger partial charge in [-0.3, -0.25) is 10.2 Å². The normalized spacial score (nSPS) is 12.0. The van der Waals surface area contributed by atoms with Crippen molar-refractivity contribution < 1.29 is 13.9 Å². The number of methoxy groups -OCH3 is 1. The van der Waals surface area contributed by atoms with Crippen LogP contribution in [0.5, 0.6) is 5.75 Å². The maximum atomic E-state index is 13.6. The fourth-order valence-electron chi connectivity index (χ4n) is 3.23. The molecule has 164 valence electrons. The number of hydrogen-bond donors (Lipinski definition) is 3. The number of carbonyl (C=O) groups is 1. The summed E-state index contributed by atoms with van der Waals surface area (Å²) in [5.74, 6) is -0.201. The van der Waals surface area contributed by atoms with Crippen LogP contribution in [0.3, 0.4) is 0 Å². The molecule has 3 aromatic rings. The molecule has 3 rings (SSSR count). The van der Waals surface area contributed by atoms with Crippen LogP contribution < -0.4 is 15.4 Å². The number of carbonyl (C=O) groups excluding carboxylic acids is 1. The van der Waals surface area contributed by atoms with Gasteiger partial charge in [-0.1, -0.05) is 48.5 Å². The number of benzene rings is 3. The summed E-state index contributed by atoms with van der Waals surface area (Å²) < 4.78 is 18.8. The molecule has 0 amide bonds. The van der Waals surface area contributed by atoms with Crippen LogP contribution in [0.1, 0.15) is 24.1 Å². The minimum atomic E-state index is -0.885. The van der Waals surface area contributed by atoms with E-state index >= 15 is 0 Å². The maximum absolute atomic E-state index is 13.6. The van der Waals surface area contributed by atoms with Crippen LogP contribution in [0.4, 0.5) is 10.1 Å². The topological polar surface area (TPSA) is 74.2 Å². The summed E-state index contributed by atoms with van der Waals surface area (Å²) >= 11 is 0. The van der Waals surface area contributed by atoms with Gasteiger partial charge in [0.25, 0.3) is 0 Å². The van der Waals surface area contributed by atoms with Crippen molar-refractivity contribution in [2.45, 2.75) is 13.0 Å². The highest BCUT2D eigenvalue weighted by molar-refractivity contribution is 6.56. The Morgan fingerprint density at radius 1 is 1.06 bits per heavy atom. The molecule has 32 heavy (non-hydrogen) atoms. The summed E-state index contributed by atoms with van der Waals surface area (Å²) in [6.45, 7) is 2.59. The van der Waals surface area contributed by atoms with Gasteiger partial charge in [0.1, 0.15) is 23.3 Å². The highest BCUT2D eigenvalue weighted by atomic mass is 19.1. The number of ketones is 1. The molecule has 1 atom stereocenters. The molecule has 0 aliphatic rings. The zero-order valence-corrected chi connectivity index (χ0v) is 18.1. The van der Waals surface area contributed by atoms with Gasteiger partial charge in [-0.25, -0.2) is 4.39 Å². The second-order valence-corrected chi connectivity index (χ2v) is 7.08. The molecule has 3 aromatic carbocycles. The van der Waals surface area contributed by atoms with E-state index in [1.165, 1.54) is 12.1 Å². The highest BCUT2D eigenvalue weighted by Gasteiger charge is 2.27. The Morgan fingerprint density at radius 3 is 2.44 bits per heavy atom. The molecule has 5 nitrogen and oxygen atoms in total. The molecular formula is C26H26FN3O2. The van der Waals surface area contributed by atoms with Gasteiger partial charge in [0, 0.05) is 30.1 Å². The van der Waals surface area contributed by atoms with Gasteiger partial charge in [-0.05, 0) is 42.3 Å². The van der Waals surface area contributed by atoms with Gasteiger partial charge in [0.2, 0.25) is 5.78 Å². The Kier molecular flexibility index (Phi) is 7.75. The van der Waals surface area contributed by atoms with Crippen LogP contribution in [-0.4, -0.2) is 25.1 Å². The molecule has 3 N–H and O–H groups in total. The van der Waals surface area contributed by atoms with Crippen molar-refractivity contribution in [3.05, 3.63) is 102 Å². The molecule has 1 unspecified atom stereocenters. The second kappa shape index (κ2) is 10.9. The third-order valence-corrected chi connectivity index (χ3v) is 4.90. The fraction of sp³-hybridized carbons (Fsp3) is 0.154. The lowest BCUT2D eigenvalue weighted by molar-refractivity contribution is -0.113. The first-order chi connectivity index (χ1) is 15.5. The van der Waals surface area contributed by atoms with E-state index in [0.717, 1.165) is 5.56 Å². The third kappa shape index (κ3) is 5.60. The zero-order valence-electron chi connectivity index (χ0n) is 18.1. The smallest absolute Gasteiger partial charge is 0.207 e. The van der Waals surface area contributed by atoms with Crippen LogP contribution in [0.2, 0.25) is 0 Å². The predicted octanol–water partition coefficient (Wildman–Crippen LogP) is 5.23. The summed E-state index contributed by atoms with van der Waals surface area (Å²) in [5, 5.41) is 15.0. The predicted molar refractivity (Wildman–Crippen MR) is 127 cm³/mol. The van der Waals surface area contributed by atoms with Crippen molar-refractivity contribution in [2.24, 2.45) is 0 Å². The van der Waals surface area contributed by atoms with E-state index in [1.807, 2.05) is 43.3 Å². The average Bonchev–Trinajstić information content (AvgIpc) is 2.83. The second-order valence-electron chi connectivity index (χ2n) is 7.08. The molecule has 0 radical (unpaired) electrons. The molecule has 0 bridgehead atoms. The Hall–Kier alpha value is -3.93. The van der Waals surface area contributed by atoms with Crippen LogP contribution in [0.25, 0.3) is 5.57 Å². The van der Waals surface area contributed by atoms with E-state index in [0.29, 0.717) is 29.1 Å². The molecular weight excluding hydrogens is 405 g/mol. The molecule has 0 spiro atoms. The van der Waals surface area contributed by atoms with Crippen LogP contribution in [0, 0.1) is 11.2 Å². The van der Waals surface area contributed by atoms with Crippen molar-refractivity contribution in [2.75, 3.05) is 19.0 Å². The van der Waals surface area contributed by atoms with E-state index < -0.39 is 17.6 Å². The van der Waals surface area contributed by atoms with Gasteiger partial charge in [-0.15, -0.1) is 0 Å². The third-order valence-electron chi connectivity index (χ3n) is 4.90. The number of allylic oxidation sites excluding steroid dienone is 1. The fourth-order valence-corrected chi connectivity index (χ4v) is 3.23. The molecule has 0 saturated carbocycles. The summed E-state index contributed by atoms with van der Waals surface area (Å²) in [4.78, 5) is 13.6. The average molecular weight is 432 g/mol. The number of nitrogens with one attached hydrogen (secondary N) is 3. The van der Waals surface area contributed by atoms with Crippen molar-refractivity contribution in [3.63, 3.8) is 0 Å². The minimum absolute atomic E-state index is 0.151. The van der Waals surface area contributed by atoms with E-state index in [4.69, 9.17) is 10.1 Å². The maximum Gasteiger partial charge on any atom is 0.207 e. The number of ether oxygens (including phenoxy) is 1. The zero-order chi connectivity index (χ0) is 22.9. The van der Waals surface area contributed by atoms with E-state index in [2.05, 4.69) is 10.6 Å². The first-order valence-corrected chi connectivity index (χ1v) is 10.3. The van der Waals surface area contributed by atoms with Crippen molar-refractivity contribution in [1.82, 2.24) is 5.32 Å². The lowest BCUT2D eigenvalue weighted by Crippen LogP contribution is -2.29. The van der Waals surface area contributed by atoms with Crippen LogP contribution in [0.15, 0.2) is 85.1 Å². The molecule has 0 aliphatic heterocycles. The Balaban J connectivity index is 1.99. The molecule has 0 aliphatic carbocycles. The summed E-state index contributed by atoms with van der Waals surface area (Å²) in [6, 6.07) is 21.3. The number of Topliss-reactive ketones (excluding diaryl/α,β-unsaturated/α-hetero) is 1. The van der Waals surface area contributed by atoms with Crippen LogP contribution in [-0.2, 0) is 4.79 Å². The van der Waals surface area contributed by atoms with Crippen LogP contribution >= 0.6 is 0 Å². The quantitative estimate of drug-likeness (QED) is 0.385. The van der Waals surface area contributed by atoms with Gasteiger partial charge in [-0.2, -0.15) is 0 Å². The van der Waals surface area contributed by atoms with Gasteiger partial charge in [0.05, 0.1) is 7.11 Å². The standard InChI is InChI=1S/C26H26FN3O2/c1-3-29-17-23(18-8-5-4-6-9-18)24(28)26(31)25(19-12-14-20(27)15-13-19)30-21-10-7-11-22(16-21)32-2/h4-17,25,28-30H,3H2,1-2H3/b23-17-,28-24?. The largest absolute Gasteiger partial charge is 0.497 e. The first-order valence-electron chi connectivity index (χ1n) is 10.3. The molecule has 0 aromatic heterocycles. The number of rotatable bonds is 10. The minimum Gasteiger partial charge on any atom is -0.497 e. The monoisotopic (exact) mass is 431 g/mol. The van der Waals surface area contributed by atoms with E-state index in [-0.39, 0.29) is 5.71 Å². The molecule has 0 fully saturated rings. The Bertz CT molecular complexity index is 1100. The van der Waals surface area contributed by atoms with Gasteiger partial charge >= 0.3 is 0 Å². The highest BCUT2D eigenvalue weighted by Crippen LogP contribution is 2.27. The van der Waals surface area contributed by atoms with Gasteiger partial charge < -0.3 is 15.4 Å². The number of hydrogen-bond acceptors (Lipinski definition) is 5. The molecule has 0 saturated heterocycles. The molecule has 6 heteroatoms. The summed E-state index contributed by atoms with van der Waals surface area (Å²) in [5.41, 5.74) is 2.29. The van der Waals surface area contributed by atoms with Crippen molar-refractivity contribution in [1.29, 1.82) is 5.41 Å². The lowest BCUT2D eigenvalue weighted by Gasteiger charge is -2.21. The van der Waals surface area contributed by atoms with Crippen molar-refractivity contribution in [3.8, 4) is 5.75 Å².